The molecule has 3 heterocycles. The van der Waals surface area contributed by atoms with E-state index in [4.69, 9.17) is 15.3 Å². The number of likely N-dealkylation sites (tertiary alicyclic amines) is 1. The number of nitrogens with zero attached hydrogens (tertiary/aromatic N) is 1. The fourth-order valence-electron chi connectivity index (χ4n) is 5.25. The average molecular weight is 496 g/mol. The number of amides is 1. The predicted molar refractivity (Wildman–Crippen MR) is 141 cm³/mol. The first-order chi connectivity index (χ1) is 17.6. The number of carbonyl (C=O) groups excluding carboxylic acids is 1. The number of hydrogen-bond acceptors (Lipinski definition) is 7. The molecule has 2 aromatic carbocycles. The highest BCUT2D eigenvalue weighted by molar-refractivity contribution is 5.94. The number of nitrogens with one attached hydrogen (secondary N) is 3. The van der Waals surface area contributed by atoms with Gasteiger partial charge in [-0.15, -0.1) is 0 Å². The third-order valence-electron chi connectivity index (χ3n) is 7.12. The van der Waals surface area contributed by atoms with Crippen molar-refractivity contribution in [3.63, 3.8) is 0 Å². The van der Waals surface area contributed by atoms with Crippen molar-refractivity contribution >= 4 is 5.91 Å². The number of fused-ring (bicyclic) bond motifs is 1. The lowest BCUT2D eigenvalue weighted by Crippen LogP contribution is -2.49. The zero-order valence-electron chi connectivity index (χ0n) is 21.7. The normalized spacial score (nSPS) is 26.2. The van der Waals surface area contributed by atoms with Crippen LogP contribution in [0.25, 0.3) is 0 Å². The Morgan fingerprint density at radius 3 is 2.39 bits per heavy atom. The van der Waals surface area contributed by atoms with Crippen LogP contribution >= 0.6 is 0 Å². The van der Waals surface area contributed by atoms with Crippen molar-refractivity contribution in [3.05, 3.63) is 70.8 Å². The molecule has 196 valence electrons. The molecule has 1 amide bonds. The topological polar surface area (TPSA) is 101 Å². The summed E-state index contributed by atoms with van der Waals surface area (Å²) in [7, 11) is 0. The Labute approximate surface area is 214 Å². The lowest BCUT2D eigenvalue weighted by atomic mass is 10.0. The highest BCUT2D eigenvalue weighted by Gasteiger charge is 2.48. The molecule has 2 aromatic rings. The summed E-state index contributed by atoms with van der Waals surface area (Å²) in [6, 6.07) is 15.9. The summed E-state index contributed by atoms with van der Waals surface area (Å²) < 4.78 is 12.1. The van der Waals surface area contributed by atoms with E-state index >= 15 is 0 Å². The lowest BCUT2D eigenvalue weighted by Gasteiger charge is -2.25. The summed E-state index contributed by atoms with van der Waals surface area (Å²) in [4.78, 5) is 15.2. The Hall–Kier alpha value is -2.33. The molecule has 5 rings (SSSR count). The van der Waals surface area contributed by atoms with E-state index in [1.807, 2.05) is 45.0 Å². The van der Waals surface area contributed by atoms with Gasteiger partial charge in [0.1, 0.15) is 12.2 Å². The van der Waals surface area contributed by atoms with Crippen LogP contribution in [0.4, 0.5) is 0 Å². The van der Waals surface area contributed by atoms with Crippen molar-refractivity contribution in [2.24, 2.45) is 5.84 Å². The zero-order chi connectivity index (χ0) is 25.5. The minimum atomic E-state index is -0.226. The number of rotatable bonds is 8. The first-order valence-corrected chi connectivity index (χ1v) is 13.2. The number of aryl methyl sites for hydroxylation is 1. The molecule has 0 aliphatic carbocycles. The third kappa shape index (κ3) is 6.32. The maximum Gasteiger partial charge on any atom is 0.251 e. The highest BCUT2D eigenvalue weighted by Crippen LogP contribution is 2.29. The van der Waals surface area contributed by atoms with E-state index in [9.17, 15) is 4.79 Å². The van der Waals surface area contributed by atoms with Gasteiger partial charge in [0.05, 0.1) is 31.5 Å². The van der Waals surface area contributed by atoms with Crippen LogP contribution in [0.5, 0.6) is 0 Å². The number of benzene rings is 2. The van der Waals surface area contributed by atoms with Gasteiger partial charge in [-0.2, -0.15) is 0 Å². The summed E-state index contributed by atoms with van der Waals surface area (Å²) in [5, 5.41) is 6.66. The average Bonchev–Trinajstić information content (AvgIpc) is 3.65. The molecule has 36 heavy (non-hydrogen) atoms. The summed E-state index contributed by atoms with van der Waals surface area (Å²) in [6.07, 6.45) is 2.00. The molecule has 3 aliphatic rings. The molecule has 8 nitrogen and oxygen atoms in total. The standard InChI is InChI=1S/C26H35N5O3.C2H6/c1-17-7-9-19(10-8-17)26(32)29-22-16-34-23-21(15-33-24(22)23)28-25(30-27)20-6-4-5-18(13-20)14-31-11-2-3-12-31;1-2/h4-10,13,21-25,28,30H,2-3,11-12,14-16,27H2,1H3,(H,29,32);1-2H3. The number of hydrogen-bond donors (Lipinski definition) is 4. The molecule has 0 bridgehead atoms. The van der Waals surface area contributed by atoms with E-state index in [-0.39, 0.29) is 36.4 Å². The van der Waals surface area contributed by atoms with E-state index < -0.39 is 0 Å². The number of ether oxygens (including phenoxy) is 2. The predicted octanol–water partition coefficient (Wildman–Crippen LogP) is 2.63. The maximum atomic E-state index is 12.7. The fourth-order valence-corrected chi connectivity index (χ4v) is 5.25. The minimum Gasteiger partial charge on any atom is -0.371 e. The molecule has 3 saturated heterocycles. The van der Waals surface area contributed by atoms with Gasteiger partial charge in [0.15, 0.2) is 0 Å². The highest BCUT2D eigenvalue weighted by atomic mass is 16.6. The van der Waals surface area contributed by atoms with Gasteiger partial charge in [-0.1, -0.05) is 55.8 Å². The molecule has 5 N–H and O–H groups in total. The van der Waals surface area contributed by atoms with Gasteiger partial charge in [0.25, 0.3) is 5.91 Å². The smallest absolute Gasteiger partial charge is 0.251 e. The molecule has 0 saturated carbocycles. The van der Waals surface area contributed by atoms with Crippen LogP contribution in [-0.4, -0.2) is 61.4 Å². The summed E-state index contributed by atoms with van der Waals surface area (Å²) in [5.41, 5.74) is 7.05. The van der Waals surface area contributed by atoms with Gasteiger partial charge in [-0.25, -0.2) is 5.43 Å². The van der Waals surface area contributed by atoms with Crippen LogP contribution in [0.2, 0.25) is 0 Å². The zero-order valence-corrected chi connectivity index (χ0v) is 21.7. The van der Waals surface area contributed by atoms with Crippen LogP contribution in [0.1, 0.15) is 59.9 Å². The van der Waals surface area contributed by atoms with E-state index in [2.05, 4.69) is 45.2 Å². The third-order valence-corrected chi connectivity index (χ3v) is 7.12. The minimum absolute atomic E-state index is 0.0328. The molecular formula is C28H41N5O3. The van der Waals surface area contributed by atoms with E-state index in [0.717, 1.165) is 17.7 Å². The molecule has 0 spiro atoms. The Bertz CT molecular complexity index is 979. The van der Waals surface area contributed by atoms with E-state index in [1.54, 1.807) is 0 Å². The van der Waals surface area contributed by atoms with Crippen molar-refractivity contribution in [2.45, 2.75) is 70.6 Å². The van der Waals surface area contributed by atoms with Crippen molar-refractivity contribution in [2.75, 3.05) is 26.3 Å². The number of hydrazine groups is 1. The second kappa shape index (κ2) is 12.8. The molecule has 3 aliphatic heterocycles. The lowest BCUT2D eigenvalue weighted by molar-refractivity contribution is 0.0632. The molecule has 0 aromatic heterocycles. The molecule has 3 fully saturated rings. The largest absolute Gasteiger partial charge is 0.371 e. The Kier molecular flexibility index (Phi) is 9.47. The van der Waals surface area contributed by atoms with Gasteiger partial charge in [0.2, 0.25) is 0 Å². The Morgan fingerprint density at radius 1 is 1.03 bits per heavy atom. The van der Waals surface area contributed by atoms with Crippen LogP contribution in [0.15, 0.2) is 48.5 Å². The second-order valence-electron chi connectivity index (χ2n) is 9.64. The van der Waals surface area contributed by atoms with Crippen molar-refractivity contribution < 1.29 is 14.3 Å². The summed E-state index contributed by atoms with van der Waals surface area (Å²) in [6.45, 7) is 10.2. The van der Waals surface area contributed by atoms with Crippen LogP contribution < -0.4 is 21.9 Å². The summed E-state index contributed by atoms with van der Waals surface area (Å²) >= 11 is 0. The van der Waals surface area contributed by atoms with E-state index in [1.165, 1.54) is 31.5 Å². The fraction of sp³-hybridized carbons (Fsp3) is 0.536. The first-order valence-electron chi connectivity index (χ1n) is 13.2. The van der Waals surface area contributed by atoms with Crippen LogP contribution in [-0.2, 0) is 16.0 Å². The monoisotopic (exact) mass is 495 g/mol. The SMILES string of the molecule is CC.Cc1ccc(C(=O)NC2COC3C(NC(NN)c4cccc(CN5CCCC5)c4)COC23)cc1. The Balaban J connectivity index is 0.00000148. The van der Waals surface area contributed by atoms with E-state index in [0.29, 0.717) is 18.8 Å². The molecule has 5 unspecified atom stereocenters. The molecule has 8 heteroatoms. The summed E-state index contributed by atoms with van der Waals surface area (Å²) in [5.74, 6) is 5.83. The molecule has 0 radical (unpaired) electrons. The van der Waals surface area contributed by atoms with Crippen molar-refractivity contribution in [1.82, 2.24) is 21.0 Å². The van der Waals surface area contributed by atoms with Crippen LogP contribution in [0.3, 0.4) is 0 Å². The van der Waals surface area contributed by atoms with Crippen molar-refractivity contribution in [3.8, 4) is 0 Å². The molecule has 5 atom stereocenters. The van der Waals surface area contributed by atoms with Crippen molar-refractivity contribution in [1.29, 1.82) is 0 Å². The first kappa shape index (κ1) is 26.7. The van der Waals surface area contributed by atoms with Gasteiger partial charge >= 0.3 is 0 Å². The van der Waals surface area contributed by atoms with Gasteiger partial charge in [-0.3, -0.25) is 20.9 Å². The maximum absolute atomic E-state index is 12.7. The van der Waals surface area contributed by atoms with Gasteiger partial charge < -0.3 is 14.8 Å². The quantitative estimate of drug-likeness (QED) is 0.254. The molecular weight excluding hydrogens is 454 g/mol. The van der Waals surface area contributed by atoms with Crippen LogP contribution in [0, 0.1) is 6.92 Å². The number of carbonyl (C=O) groups is 1. The second-order valence-corrected chi connectivity index (χ2v) is 9.64. The Morgan fingerprint density at radius 2 is 1.69 bits per heavy atom. The van der Waals surface area contributed by atoms with Gasteiger partial charge in [0, 0.05) is 12.1 Å². The number of nitrogens with two attached hydrogens (primary N) is 1. The van der Waals surface area contributed by atoms with Gasteiger partial charge in [-0.05, 0) is 56.1 Å².